The number of nitrogens with one attached hydrogen (secondary N) is 2. The van der Waals surface area contributed by atoms with Gasteiger partial charge in [-0.1, -0.05) is 18.5 Å². The number of carbonyl (C=O) groups excluding carboxylic acids is 1. The average Bonchev–Trinajstić information content (AvgIpc) is 2.78. The van der Waals surface area contributed by atoms with E-state index in [4.69, 9.17) is 11.6 Å². The number of aromatic nitrogens is 1. The number of rotatable bonds is 9. The van der Waals surface area contributed by atoms with E-state index in [1.165, 1.54) is 6.92 Å². The molecule has 0 aliphatic rings. The number of nitrogens with zero attached hydrogens (tertiary/aromatic N) is 2. The Hall–Kier alpha value is -2.91. The highest BCUT2D eigenvalue weighted by Gasteiger charge is 2.32. The van der Waals surface area contributed by atoms with Crippen LogP contribution in [0.4, 0.5) is 23.2 Å². The van der Waals surface area contributed by atoms with Gasteiger partial charge in [0.05, 0.1) is 16.6 Å². The van der Waals surface area contributed by atoms with Gasteiger partial charge in [0.15, 0.2) is 0 Å². The largest absolute Gasteiger partial charge is 0.416 e. The van der Waals surface area contributed by atoms with E-state index in [1.54, 1.807) is 18.3 Å². The Morgan fingerprint density at radius 2 is 1.85 bits per heavy atom. The molecule has 0 radical (unpaired) electrons. The van der Waals surface area contributed by atoms with Gasteiger partial charge >= 0.3 is 6.18 Å². The predicted octanol–water partition coefficient (Wildman–Crippen LogP) is 5.52. The molecule has 0 aliphatic carbocycles. The minimum atomic E-state index is -4.66. The van der Waals surface area contributed by atoms with Gasteiger partial charge < -0.3 is 15.5 Å². The van der Waals surface area contributed by atoms with Crippen LogP contribution in [-0.4, -0.2) is 48.5 Å². The molecule has 1 aromatic heterocycles. The van der Waals surface area contributed by atoms with Crippen molar-refractivity contribution < 1.29 is 22.4 Å². The summed E-state index contributed by atoms with van der Waals surface area (Å²) >= 11 is 6.02. The van der Waals surface area contributed by atoms with Crippen molar-refractivity contribution in [2.75, 3.05) is 38.0 Å². The molecule has 5 nitrogen and oxygen atoms in total. The first kappa shape index (κ1) is 25.7. The molecule has 10 heteroatoms. The Balaban J connectivity index is 1.54. The molecule has 0 fully saturated rings. The van der Waals surface area contributed by atoms with Crippen LogP contribution < -0.4 is 10.6 Å². The first-order valence-corrected chi connectivity index (χ1v) is 11.1. The molecule has 0 bridgehead atoms. The van der Waals surface area contributed by atoms with Gasteiger partial charge in [-0.15, -0.1) is 0 Å². The average molecular weight is 497 g/mol. The van der Waals surface area contributed by atoms with E-state index in [0.29, 0.717) is 43.3 Å². The third-order valence-corrected chi connectivity index (χ3v) is 5.67. The van der Waals surface area contributed by atoms with Crippen molar-refractivity contribution in [1.82, 2.24) is 15.2 Å². The molecule has 3 rings (SSSR count). The van der Waals surface area contributed by atoms with Gasteiger partial charge in [0, 0.05) is 48.5 Å². The van der Waals surface area contributed by atoms with Crippen LogP contribution in [0.2, 0.25) is 5.02 Å². The fourth-order valence-corrected chi connectivity index (χ4v) is 3.74. The van der Waals surface area contributed by atoms with E-state index in [1.807, 2.05) is 19.1 Å². The molecule has 182 valence electrons. The molecule has 2 aromatic carbocycles. The molecule has 1 amide bonds. The number of pyridine rings is 1. The molecule has 0 unspecified atom stereocenters. The zero-order chi connectivity index (χ0) is 24.9. The van der Waals surface area contributed by atoms with Crippen LogP contribution in [-0.2, 0) is 6.18 Å². The molecule has 0 aliphatic heterocycles. The number of benzene rings is 2. The summed E-state index contributed by atoms with van der Waals surface area (Å²) in [5, 5.41) is 7.43. The maximum atomic E-state index is 14.3. The molecular weight excluding hydrogens is 472 g/mol. The van der Waals surface area contributed by atoms with Crippen molar-refractivity contribution in [3.63, 3.8) is 0 Å². The Bertz CT molecular complexity index is 1170. The van der Waals surface area contributed by atoms with Gasteiger partial charge in [-0.05, 0) is 55.4 Å². The number of halogens is 5. The Morgan fingerprint density at radius 3 is 2.56 bits per heavy atom. The summed E-state index contributed by atoms with van der Waals surface area (Å²) in [6, 6.07) is 8.60. The first-order chi connectivity index (χ1) is 16.1. The standard InChI is InChI=1S/C24H25ClF4N4O/c1-3-33(10-8-31-20-6-7-30-21-14-17(25)4-5-18(20)21)11-9-32-23(34)19-13-16(24(27,28)29)12-15(2)22(19)26/h4-7,12-14H,3,8-11H2,1-2H3,(H,30,31)(H,32,34). The minimum Gasteiger partial charge on any atom is -0.383 e. The van der Waals surface area contributed by atoms with Gasteiger partial charge in [0.1, 0.15) is 5.82 Å². The second-order valence-corrected chi connectivity index (χ2v) is 8.23. The molecule has 0 saturated carbocycles. The second-order valence-electron chi connectivity index (χ2n) is 7.79. The first-order valence-electron chi connectivity index (χ1n) is 10.8. The third kappa shape index (κ3) is 6.36. The number of alkyl halides is 3. The van der Waals surface area contributed by atoms with Crippen molar-refractivity contribution in [2.24, 2.45) is 0 Å². The summed E-state index contributed by atoms with van der Waals surface area (Å²) in [5.41, 5.74) is -0.191. The lowest BCUT2D eigenvalue weighted by Crippen LogP contribution is -2.37. The molecule has 3 aromatic rings. The van der Waals surface area contributed by atoms with Crippen LogP contribution in [0.5, 0.6) is 0 Å². The molecule has 34 heavy (non-hydrogen) atoms. The van der Waals surface area contributed by atoms with Crippen LogP contribution in [0, 0.1) is 12.7 Å². The summed E-state index contributed by atoms with van der Waals surface area (Å²) in [7, 11) is 0. The van der Waals surface area contributed by atoms with E-state index in [-0.39, 0.29) is 12.1 Å². The number of aryl methyl sites for hydroxylation is 1. The molecule has 0 saturated heterocycles. The van der Waals surface area contributed by atoms with E-state index in [9.17, 15) is 22.4 Å². The lowest BCUT2D eigenvalue weighted by Gasteiger charge is -2.21. The van der Waals surface area contributed by atoms with Crippen molar-refractivity contribution >= 4 is 34.1 Å². The van der Waals surface area contributed by atoms with E-state index in [2.05, 4.69) is 20.5 Å². The fraction of sp³-hybridized carbons (Fsp3) is 0.333. The fourth-order valence-electron chi connectivity index (χ4n) is 3.57. The number of anilines is 1. The third-order valence-electron chi connectivity index (χ3n) is 5.44. The minimum absolute atomic E-state index is 0.165. The van der Waals surface area contributed by atoms with Crippen LogP contribution in [0.25, 0.3) is 10.9 Å². The predicted molar refractivity (Wildman–Crippen MR) is 126 cm³/mol. The summed E-state index contributed by atoms with van der Waals surface area (Å²) in [6.07, 6.45) is -2.96. The van der Waals surface area contributed by atoms with Crippen LogP contribution in [0.3, 0.4) is 0 Å². The summed E-state index contributed by atoms with van der Waals surface area (Å²) in [4.78, 5) is 18.7. The monoisotopic (exact) mass is 496 g/mol. The van der Waals surface area contributed by atoms with E-state index in [0.717, 1.165) is 16.6 Å². The van der Waals surface area contributed by atoms with Crippen molar-refractivity contribution in [3.05, 3.63) is 70.1 Å². The number of fused-ring (bicyclic) bond motifs is 1. The highest BCUT2D eigenvalue weighted by atomic mass is 35.5. The van der Waals surface area contributed by atoms with Crippen molar-refractivity contribution in [2.45, 2.75) is 20.0 Å². The molecule has 1 heterocycles. The van der Waals surface area contributed by atoms with Gasteiger partial charge in [-0.25, -0.2) is 4.39 Å². The topological polar surface area (TPSA) is 57.3 Å². The van der Waals surface area contributed by atoms with Gasteiger partial charge in [-0.2, -0.15) is 13.2 Å². The van der Waals surface area contributed by atoms with Gasteiger partial charge in [0.2, 0.25) is 0 Å². The van der Waals surface area contributed by atoms with Crippen molar-refractivity contribution in [3.8, 4) is 0 Å². The number of carbonyl (C=O) groups is 1. The maximum Gasteiger partial charge on any atom is 0.416 e. The van der Waals surface area contributed by atoms with Crippen LogP contribution in [0.15, 0.2) is 42.6 Å². The maximum absolute atomic E-state index is 14.3. The van der Waals surface area contributed by atoms with Gasteiger partial charge in [-0.3, -0.25) is 9.78 Å². The lowest BCUT2D eigenvalue weighted by atomic mass is 10.0. The highest BCUT2D eigenvalue weighted by Crippen LogP contribution is 2.31. The number of likely N-dealkylation sites (N-methyl/N-ethyl adjacent to an activating group) is 1. The summed E-state index contributed by atoms with van der Waals surface area (Å²) < 4.78 is 53.3. The van der Waals surface area contributed by atoms with E-state index < -0.39 is 29.0 Å². The lowest BCUT2D eigenvalue weighted by molar-refractivity contribution is -0.137. The Kier molecular flexibility index (Phi) is 8.33. The molecule has 2 N–H and O–H groups in total. The SMILES string of the molecule is CCN(CCNC(=O)c1cc(C(F)(F)F)cc(C)c1F)CCNc1ccnc2cc(Cl)ccc12. The highest BCUT2D eigenvalue weighted by molar-refractivity contribution is 6.31. The molecule has 0 spiro atoms. The van der Waals surface area contributed by atoms with Gasteiger partial charge in [0.25, 0.3) is 5.91 Å². The normalized spacial score (nSPS) is 11.8. The second kappa shape index (κ2) is 11.0. The van der Waals surface area contributed by atoms with Crippen LogP contribution >= 0.6 is 11.6 Å². The van der Waals surface area contributed by atoms with Crippen molar-refractivity contribution in [1.29, 1.82) is 0 Å². The quantitative estimate of drug-likeness (QED) is 0.383. The number of hydrogen-bond donors (Lipinski definition) is 2. The molecular formula is C24H25ClF4N4O. The zero-order valence-electron chi connectivity index (χ0n) is 18.8. The Labute approximate surface area is 200 Å². The van der Waals surface area contributed by atoms with E-state index >= 15 is 0 Å². The van der Waals surface area contributed by atoms with Crippen LogP contribution in [0.1, 0.15) is 28.4 Å². The smallest absolute Gasteiger partial charge is 0.383 e. The zero-order valence-corrected chi connectivity index (χ0v) is 19.5. The number of amides is 1. The summed E-state index contributed by atoms with van der Waals surface area (Å²) in [5.74, 6) is -1.82. The Morgan fingerprint density at radius 1 is 1.12 bits per heavy atom. The number of hydrogen-bond acceptors (Lipinski definition) is 4. The molecule has 0 atom stereocenters. The summed E-state index contributed by atoms with van der Waals surface area (Å²) in [6.45, 7) is 5.75.